The molecule has 27 heavy (non-hydrogen) atoms. The molecule has 8 heteroatoms. The van der Waals surface area contributed by atoms with Gasteiger partial charge in [0.25, 0.3) is 5.91 Å². The fraction of sp³-hybridized carbons (Fsp3) is 0.263. The molecule has 6 nitrogen and oxygen atoms in total. The molecule has 0 spiro atoms. The molecule has 1 aliphatic heterocycles. The standard InChI is InChI=1S/C19H18Cl2N2O4/c1-22(2)7-8-23-16(11-5-6-12(20)13(21)10-11)15(18(25)19(23)26)17(24)14-4-3-9-27-14/h3-6,9-10,16,25H,7-8H2,1-2H3/p+1/t16-/m0/s1. The van der Waals surface area contributed by atoms with Gasteiger partial charge in [-0.25, -0.2) is 0 Å². The summed E-state index contributed by atoms with van der Waals surface area (Å²) >= 11 is 12.2. The lowest BCUT2D eigenvalue weighted by molar-refractivity contribution is -0.857. The summed E-state index contributed by atoms with van der Waals surface area (Å²) in [4.78, 5) is 28.2. The number of halogens is 2. The minimum atomic E-state index is -0.774. The van der Waals surface area contributed by atoms with Crippen molar-refractivity contribution in [3.8, 4) is 0 Å². The molecule has 1 aliphatic rings. The van der Waals surface area contributed by atoms with Crippen molar-refractivity contribution in [2.24, 2.45) is 0 Å². The Balaban J connectivity index is 2.08. The van der Waals surface area contributed by atoms with Crippen LogP contribution >= 0.6 is 23.2 Å². The van der Waals surface area contributed by atoms with Crippen molar-refractivity contribution in [1.82, 2.24) is 4.90 Å². The van der Waals surface area contributed by atoms with Crippen LogP contribution in [0.5, 0.6) is 0 Å². The Kier molecular flexibility index (Phi) is 5.60. The van der Waals surface area contributed by atoms with Crippen molar-refractivity contribution >= 4 is 34.9 Å². The molecule has 0 saturated carbocycles. The highest BCUT2D eigenvalue weighted by molar-refractivity contribution is 6.42. The summed E-state index contributed by atoms with van der Waals surface area (Å²) in [6.07, 6.45) is 1.36. The van der Waals surface area contributed by atoms with Gasteiger partial charge in [-0.3, -0.25) is 9.59 Å². The third-order valence-electron chi connectivity index (χ3n) is 4.41. The number of aliphatic hydroxyl groups excluding tert-OH is 1. The zero-order chi connectivity index (χ0) is 19.7. The van der Waals surface area contributed by atoms with Crippen LogP contribution in [0.4, 0.5) is 0 Å². The molecule has 0 unspecified atom stereocenters. The summed E-state index contributed by atoms with van der Waals surface area (Å²) in [5.41, 5.74) is 0.563. The van der Waals surface area contributed by atoms with Gasteiger partial charge in [-0.15, -0.1) is 0 Å². The molecule has 0 radical (unpaired) electrons. The lowest BCUT2D eigenvalue weighted by Crippen LogP contribution is -3.06. The number of benzene rings is 1. The Morgan fingerprint density at radius 2 is 2.00 bits per heavy atom. The minimum Gasteiger partial charge on any atom is -0.503 e. The average molecular weight is 410 g/mol. The maximum absolute atomic E-state index is 12.9. The Hall–Kier alpha value is -2.28. The number of rotatable bonds is 6. The van der Waals surface area contributed by atoms with Crippen LogP contribution in [0.3, 0.4) is 0 Å². The number of furan rings is 1. The minimum absolute atomic E-state index is 0.0258. The van der Waals surface area contributed by atoms with Crippen LogP contribution in [-0.4, -0.2) is 48.9 Å². The van der Waals surface area contributed by atoms with Gasteiger partial charge in [0, 0.05) is 0 Å². The van der Waals surface area contributed by atoms with Crippen LogP contribution in [0.25, 0.3) is 0 Å². The normalized spacial score (nSPS) is 17.3. The van der Waals surface area contributed by atoms with Crippen LogP contribution in [-0.2, 0) is 4.79 Å². The van der Waals surface area contributed by atoms with Crippen molar-refractivity contribution in [2.45, 2.75) is 6.04 Å². The number of Topliss-reactive ketones (excluding diaryl/α,β-unsaturated/α-hetero) is 1. The van der Waals surface area contributed by atoms with Crippen LogP contribution in [0.15, 0.2) is 52.3 Å². The van der Waals surface area contributed by atoms with E-state index in [9.17, 15) is 14.7 Å². The van der Waals surface area contributed by atoms with Crippen LogP contribution in [0.2, 0.25) is 10.0 Å². The summed E-state index contributed by atoms with van der Waals surface area (Å²) in [5, 5.41) is 11.1. The van der Waals surface area contributed by atoms with E-state index in [0.717, 1.165) is 4.90 Å². The summed E-state index contributed by atoms with van der Waals surface area (Å²) < 4.78 is 5.18. The van der Waals surface area contributed by atoms with Gasteiger partial charge in [0.05, 0.1) is 55.1 Å². The summed E-state index contributed by atoms with van der Waals surface area (Å²) in [7, 11) is 3.91. The second-order valence-corrected chi connectivity index (χ2v) is 7.41. The van der Waals surface area contributed by atoms with E-state index < -0.39 is 23.5 Å². The Labute approximate surface area is 166 Å². The van der Waals surface area contributed by atoms with Crippen molar-refractivity contribution < 1.29 is 24.0 Å². The SMILES string of the molecule is C[NH+](C)CCN1C(=O)C(O)=C(C(=O)c2ccco2)[C@@H]1c1ccc(Cl)c(Cl)c1. The third-order valence-corrected chi connectivity index (χ3v) is 5.14. The number of nitrogens with one attached hydrogen (secondary N) is 1. The van der Waals surface area contributed by atoms with E-state index >= 15 is 0 Å². The highest BCUT2D eigenvalue weighted by atomic mass is 35.5. The van der Waals surface area contributed by atoms with E-state index in [1.165, 1.54) is 17.2 Å². The molecule has 1 atom stereocenters. The smallest absolute Gasteiger partial charge is 0.290 e. The molecule has 142 valence electrons. The predicted octanol–water partition coefficient (Wildman–Crippen LogP) is 2.31. The first kappa shape index (κ1) is 19.5. The number of amides is 1. The molecule has 1 aromatic carbocycles. The average Bonchev–Trinajstić information content (AvgIpc) is 3.24. The van der Waals surface area contributed by atoms with Gasteiger partial charge in [-0.1, -0.05) is 29.3 Å². The first-order valence-electron chi connectivity index (χ1n) is 8.37. The fourth-order valence-corrected chi connectivity index (χ4v) is 3.34. The molecule has 3 rings (SSSR count). The van der Waals surface area contributed by atoms with E-state index in [1.807, 2.05) is 14.1 Å². The van der Waals surface area contributed by atoms with Crippen molar-refractivity contribution in [1.29, 1.82) is 0 Å². The molecule has 0 bridgehead atoms. The fourth-order valence-electron chi connectivity index (χ4n) is 3.03. The first-order chi connectivity index (χ1) is 12.8. The van der Waals surface area contributed by atoms with Gasteiger partial charge in [-0.05, 0) is 29.8 Å². The first-order valence-corrected chi connectivity index (χ1v) is 9.13. The number of ketones is 1. The van der Waals surface area contributed by atoms with E-state index in [4.69, 9.17) is 27.6 Å². The highest BCUT2D eigenvalue weighted by Crippen LogP contribution is 2.40. The van der Waals surface area contributed by atoms with E-state index in [1.54, 1.807) is 24.3 Å². The molecular formula is C19H19Cl2N2O4+. The number of hydrogen-bond donors (Lipinski definition) is 2. The third kappa shape index (κ3) is 3.74. The quantitative estimate of drug-likeness (QED) is 0.717. The molecule has 2 heterocycles. The topological polar surface area (TPSA) is 75.2 Å². The molecule has 0 fully saturated rings. The molecule has 1 amide bonds. The Bertz CT molecular complexity index is 906. The Morgan fingerprint density at radius 1 is 1.26 bits per heavy atom. The van der Waals surface area contributed by atoms with Gasteiger partial charge < -0.3 is 19.3 Å². The predicted molar refractivity (Wildman–Crippen MR) is 101 cm³/mol. The molecular weight excluding hydrogens is 391 g/mol. The number of carbonyl (C=O) groups excluding carboxylic acids is 2. The summed E-state index contributed by atoms with van der Waals surface area (Å²) in [6, 6.07) is 7.18. The second-order valence-electron chi connectivity index (χ2n) is 6.60. The van der Waals surface area contributed by atoms with Crippen molar-refractivity contribution in [2.75, 3.05) is 27.2 Å². The number of nitrogens with zero attached hydrogens (tertiary/aromatic N) is 1. The number of hydrogen-bond acceptors (Lipinski definition) is 4. The molecule has 0 saturated heterocycles. The highest BCUT2D eigenvalue weighted by Gasteiger charge is 2.44. The maximum Gasteiger partial charge on any atom is 0.290 e. The van der Waals surface area contributed by atoms with Crippen molar-refractivity contribution in [3.63, 3.8) is 0 Å². The lowest BCUT2D eigenvalue weighted by atomic mass is 9.95. The summed E-state index contributed by atoms with van der Waals surface area (Å²) in [5.74, 6) is -1.65. The van der Waals surface area contributed by atoms with Crippen LogP contribution in [0.1, 0.15) is 22.2 Å². The lowest BCUT2D eigenvalue weighted by Gasteiger charge is -2.27. The molecule has 2 aromatic rings. The second kappa shape index (κ2) is 7.76. The molecule has 2 N–H and O–H groups in total. The van der Waals surface area contributed by atoms with E-state index in [2.05, 4.69) is 0 Å². The van der Waals surface area contributed by atoms with Crippen LogP contribution in [0, 0.1) is 0 Å². The van der Waals surface area contributed by atoms with E-state index in [-0.39, 0.29) is 11.3 Å². The Morgan fingerprint density at radius 3 is 2.59 bits per heavy atom. The van der Waals surface area contributed by atoms with Crippen molar-refractivity contribution in [3.05, 3.63) is 69.3 Å². The van der Waals surface area contributed by atoms with Gasteiger partial charge in [-0.2, -0.15) is 0 Å². The monoisotopic (exact) mass is 409 g/mol. The largest absolute Gasteiger partial charge is 0.503 e. The zero-order valence-electron chi connectivity index (χ0n) is 14.8. The van der Waals surface area contributed by atoms with Gasteiger partial charge in [0.1, 0.15) is 0 Å². The van der Waals surface area contributed by atoms with E-state index in [0.29, 0.717) is 28.7 Å². The van der Waals surface area contributed by atoms with Gasteiger partial charge in [0.15, 0.2) is 11.5 Å². The number of aliphatic hydroxyl groups is 1. The number of quaternary nitrogens is 1. The molecule has 0 aliphatic carbocycles. The van der Waals surface area contributed by atoms with Crippen LogP contribution < -0.4 is 4.90 Å². The maximum atomic E-state index is 12.9. The van der Waals surface area contributed by atoms with Gasteiger partial charge in [0.2, 0.25) is 5.78 Å². The van der Waals surface area contributed by atoms with Gasteiger partial charge >= 0.3 is 0 Å². The zero-order valence-corrected chi connectivity index (χ0v) is 16.3. The molecule has 1 aromatic heterocycles. The summed E-state index contributed by atoms with van der Waals surface area (Å²) in [6.45, 7) is 0.990. The number of carbonyl (C=O) groups is 2. The number of likely N-dealkylation sites (N-methyl/N-ethyl adjacent to an activating group) is 1.